The number of carbonyl (C=O) groups is 3. The quantitative estimate of drug-likeness (QED) is 0.0500. The molecule has 0 unspecified atom stereocenters. The monoisotopic (exact) mass is 538 g/mol. The Bertz CT molecular complexity index is 1720. The second-order valence-electron chi connectivity index (χ2n) is 8.90. The van der Waals surface area contributed by atoms with Crippen molar-refractivity contribution < 1.29 is 24.0 Å². The fourth-order valence-electron chi connectivity index (χ4n) is 4.74. The highest BCUT2D eigenvalue weighted by atomic mass is 32.1. The number of hydrogen-bond acceptors (Lipinski definition) is 7. The minimum atomic E-state index is -0.380. The molecule has 2 aromatic heterocycles. The van der Waals surface area contributed by atoms with Gasteiger partial charge in [0.25, 0.3) is 0 Å². The molecule has 0 N–H and O–H groups in total. The zero-order valence-corrected chi connectivity index (χ0v) is 22.4. The van der Waals surface area contributed by atoms with Gasteiger partial charge < -0.3 is 14.1 Å². The first kappa shape index (κ1) is 26.2. The van der Waals surface area contributed by atoms with E-state index in [1.165, 1.54) is 11.3 Å². The number of ether oxygens (including phenoxy) is 1. The van der Waals surface area contributed by atoms with Crippen LogP contribution in [-0.2, 0) is 20.9 Å². The number of aromatic nitrogens is 1. The Morgan fingerprint density at radius 3 is 2.33 bits per heavy atom. The van der Waals surface area contributed by atoms with Crippen LogP contribution in [0.25, 0.3) is 21.8 Å². The smallest absolute Gasteiger partial charge is 0.323 e. The molecule has 0 spiro atoms. The zero-order chi connectivity index (χ0) is 27.4. The summed E-state index contributed by atoms with van der Waals surface area (Å²) in [4.78, 5) is 43.1. The molecule has 5 aromatic rings. The summed E-state index contributed by atoms with van der Waals surface area (Å²) in [6.45, 7) is 5.75. The van der Waals surface area contributed by atoms with E-state index in [0.717, 1.165) is 27.4 Å². The summed E-state index contributed by atoms with van der Waals surface area (Å²) in [5, 5.41) is 7.41. The fourth-order valence-corrected chi connectivity index (χ4v) is 5.43. The lowest BCUT2D eigenvalue weighted by atomic mass is 9.96. The van der Waals surface area contributed by atoms with E-state index in [9.17, 15) is 14.4 Å². The summed E-state index contributed by atoms with van der Waals surface area (Å²) in [6, 6.07) is 22.1. The average molecular weight is 539 g/mol. The van der Waals surface area contributed by atoms with Gasteiger partial charge in [-0.3, -0.25) is 14.4 Å². The van der Waals surface area contributed by atoms with Gasteiger partial charge in [0, 0.05) is 51.6 Å². The van der Waals surface area contributed by atoms with Crippen LogP contribution in [0.3, 0.4) is 0 Å². The van der Waals surface area contributed by atoms with Gasteiger partial charge in [0.1, 0.15) is 0 Å². The third-order valence-corrected chi connectivity index (χ3v) is 7.47. The van der Waals surface area contributed by atoms with Crippen LogP contribution in [0.5, 0.6) is 0 Å². The minimum Gasteiger partial charge on any atom is -0.380 e. The first-order valence-corrected chi connectivity index (χ1v) is 13.4. The lowest BCUT2D eigenvalue weighted by Gasteiger charge is -2.09. The normalized spacial score (nSPS) is 11.7. The molecule has 0 aliphatic heterocycles. The van der Waals surface area contributed by atoms with Crippen LogP contribution in [0.1, 0.15) is 43.6 Å². The summed E-state index contributed by atoms with van der Waals surface area (Å²) in [7, 11) is 0. The number of aryl methyl sites for hydroxylation is 1. The first-order valence-electron chi connectivity index (χ1n) is 12.5. The number of thiophene rings is 1. The second kappa shape index (κ2) is 11.6. The molecule has 2 heterocycles. The molecular weight excluding hydrogens is 512 g/mol. The Morgan fingerprint density at radius 2 is 1.67 bits per heavy atom. The molecule has 0 aliphatic carbocycles. The predicted octanol–water partition coefficient (Wildman–Crippen LogP) is 6.19. The van der Waals surface area contributed by atoms with Crippen molar-refractivity contribution in [1.82, 2.24) is 4.57 Å². The number of hydrogen-bond donors (Lipinski definition) is 0. The molecule has 3 aromatic carbocycles. The molecular formula is C31H26N2O5S. The van der Waals surface area contributed by atoms with Crippen molar-refractivity contribution in [2.24, 2.45) is 5.16 Å². The van der Waals surface area contributed by atoms with Gasteiger partial charge in [0.2, 0.25) is 11.6 Å². The summed E-state index contributed by atoms with van der Waals surface area (Å²) in [5.74, 6) is -0.427. The summed E-state index contributed by atoms with van der Waals surface area (Å²) >= 11 is 1.40. The average Bonchev–Trinajstić information content (AvgIpc) is 3.60. The third-order valence-electron chi connectivity index (χ3n) is 6.60. The number of ketones is 2. The van der Waals surface area contributed by atoms with Crippen molar-refractivity contribution in [1.29, 1.82) is 0 Å². The Labute approximate surface area is 229 Å². The van der Waals surface area contributed by atoms with E-state index in [2.05, 4.69) is 14.6 Å². The van der Waals surface area contributed by atoms with E-state index < -0.39 is 0 Å². The van der Waals surface area contributed by atoms with E-state index in [0.29, 0.717) is 41.3 Å². The Morgan fingerprint density at radius 1 is 0.949 bits per heavy atom. The van der Waals surface area contributed by atoms with Crippen molar-refractivity contribution in [2.45, 2.75) is 20.4 Å². The van der Waals surface area contributed by atoms with Crippen LogP contribution in [0.15, 0.2) is 83.3 Å². The summed E-state index contributed by atoms with van der Waals surface area (Å²) in [6.07, 6.45) is 0. The molecule has 0 bridgehead atoms. The number of carbonyl (C=O) groups excluding carboxylic acids is 3. The number of nitrogens with zero attached hydrogens (tertiary/aromatic N) is 2. The van der Waals surface area contributed by atoms with Crippen molar-refractivity contribution in [3.05, 3.63) is 105 Å². The second-order valence-corrected chi connectivity index (χ2v) is 9.85. The highest BCUT2D eigenvalue weighted by Crippen LogP contribution is 2.32. The third kappa shape index (κ3) is 5.16. The molecule has 0 saturated carbocycles. The van der Waals surface area contributed by atoms with Gasteiger partial charge in [0.15, 0.2) is 5.71 Å². The lowest BCUT2D eigenvalue weighted by molar-refractivity contribution is -0.128. The van der Waals surface area contributed by atoms with Gasteiger partial charge in [-0.15, -0.1) is 11.3 Å². The van der Waals surface area contributed by atoms with Crippen LogP contribution in [0.2, 0.25) is 0 Å². The Hall–Kier alpha value is -4.40. The van der Waals surface area contributed by atoms with Crippen LogP contribution >= 0.6 is 11.3 Å². The van der Waals surface area contributed by atoms with Gasteiger partial charge in [0.05, 0.1) is 11.5 Å². The van der Waals surface area contributed by atoms with Crippen LogP contribution in [0, 0.1) is 6.92 Å². The lowest BCUT2D eigenvalue weighted by Crippen LogP contribution is -2.17. The first-order chi connectivity index (χ1) is 19.0. The van der Waals surface area contributed by atoms with E-state index in [1.807, 2.05) is 73.8 Å². The van der Waals surface area contributed by atoms with Crippen molar-refractivity contribution in [2.75, 3.05) is 13.2 Å². The van der Waals surface area contributed by atoms with E-state index in [-0.39, 0.29) is 23.8 Å². The molecule has 8 heteroatoms. The highest BCUT2D eigenvalue weighted by molar-refractivity contribution is 7.12. The standard InChI is InChI=1S/C31H26N2O5S/c1-3-37-15-14-33-26-12-10-21(30(35)28-9-6-16-39-28)17-24(26)25-18-22(11-13-27(25)33)31(36)29(32-38-19-34)23-8-5-4-7-20(23)2/h4-13,16-19H,3,14-15H2,1-2H3/b32-29+. The van der Waals surface area contributed by atoms with E-state index in [1.54, 1.807) is 18.2 Å². The number of benzene rings is 3. The van der Waals surface area contributed by atoms with Gasteiger partial charge in [-0.1, -0.05) is 35.5 Å². The maximum atomic E-state index is 13.7. The molecule has 5 rings (SSSR count). The maximum absolute atomic E-state index is 13.7. The summed E-state index contributed by atoms with van der Waals surface area (Å²) in [5.41, 5.74) is 4.25. The molecule has 0 aliphatic rings. The van der Waals surface area contributed by atoms with E-state index >= 15 is 0 Å². The Kier molecular flexibility index (Phi) is 7.76. The molecule has 7 nitrogen and oxygen atoms in total. The minimum absolute atomic E-state index is 0.0354. The van der Waals surface area contributed by atoms with Crippen LogP contribution < -0.4 is 0 Å². The van der Waals surface area contributed by atoms with Crippen LogP contribution in [-0.4, -0.2) is 41.5 Å². The molecule has 39 heavy (non-hydrogen) atoms. The van der Waals surface area contributed by atoms with Gasteiger partial charge in [-0.05, 0) is 67.3 Å². The molecule has 0 radical (unpaired) electrons. The van der Waals surface area contributed by atoms with Crippen molar-refractivity contribution >= 4 is 56.9 Å². The number of oxime groups is 1. The van der Waals surface area contributed by atoms with E-state index in [4.69, 9.17) is 4.74 Å². The number of rotatable bonds is 11. The highest BCUT2D eigenvalue weighted by Gasteiger charge is 2.22. The molecule has 0 atom stereocenters. The number of Topliss-reactive ketones (excluding diaryl/α,β-unsaturated/α-hetero) is 1. The molecule has 0 amide bonds. The fraction of sp³-hybridized carbons (Fsp3) is 0.161. The largest absolute Gasteiger partial charge is 0.380 e. The Balaban J connectivity index is 1.66. The zero-order valence-electron chi connectivity index (χ0n) is 21.5. The van der Waals surface area contributed by atoms with Crippen LogP contribution in [0.4, 0.5) is 0 Å². The van der Waals surface area contributed by atoms with Crippen molar-refractivity contribution in [3.8, 4) is 0 Å². The number of fused-ring (bicyclic) bond motifs is 3. The SMILES string of the molecule is CCOCCn1c2ccc(C(=O)/C(=N/OC=O)c3ccccc3C)cc2c2cc(C(=O)c3cccs3)ccc21. The maximum Gasteiger partial charge on any atom is 0.323 e. The topological polar surface area (TPSA) is 87.0 Å². The van der Waals surface area contributed by atoms with Gasteiger partial charge >= 0.3 is 6.47 Å². The molecule has 196 valence electrons. The van der Waals surface area contributed by atoms with Crippen molar-refractivity contribution in [3.63, 3.8) is 0 Å². The van der Waals surface area contributed by atoms with Gasteiger partial charge in [-0.25, -0.2) is 0 Å². The summed E-state index contributed by atoms with van der Waals surface area (Å²) < 4.78 is 7.76. The molecule has 0 saturated heterocycles. The molecule has 0 fully saturated rings. The predicted molar refractivity (Wildman–Crippen MR) is 153 cm³/mol. The van der Waals surface area contributed by atoms with Gasteiger partial charge in [-0.2, -0.15) is 0 Å².